The van der Waals surface area contributed by atoms with E-state index in [1.54, 1.807) is 0 Å². The third-order valence-electron chi connectivity index (χ3n) is 2.00. The van der Waals surface area contributed by atoms with Crippen molar-refractivity contribution in [2.45, 2.75) is 46.5 Å². The third-order valence-corrected chi connectivity index (χ3v) is 2.00. The molecule has 0 aliphatic rings. The van der Waals surface area contributed by atoms with Crippen LogP contribution in [0.2, 0.25) is 0 Å². The molecule has 0 aliphatic carbocycles. The molecule has 0 aromatic heterocycles. The molecular formula is C10H21O. The minimum absolute atomic E-state index is 0.343. The number of aliphatic hydroxyl groups is 1. The number of hydrogen-bond acceptors (Lipinski definition) is 1. The number of rotatable bonds is 6. The van der Waals surface area contributed by atoms with Crippen molar-refractivity contribution in [2.24, 2.45) is 5.92 Å². The summed E-state index contributed by atoms with van der Waals surface area (Å²) >= 11 is 0. The Balaban J connectivity index is 3.10. The molecule has 67 valence electrons. The highest BCUT2D eigenvalue weighted by molar-refractivity contribution is 4.76. The molecule has 0 aliphatic heterocycles. The van der Waals surface area contributed by atoms with Crippen LogP contribution < -0.4 is 0 Å². The van der Waals surface area contributed by atoms with Crippen molar-refractivity contribution in [3.8, 4) is 0 Å². The van der Waals surface area contributed by atoms with Gasteiger partial charge in [0, 0.05) is 6.61 Å². The highest BCUT2D eigenvalue weighted by Gasteiger charge is 2.01. The molecule has 0 amide bonds. The molecule has 1 unspecified atom stereocenters. The van der Waals surface area contributed by atoms with Gasteiger partial charge in [-0.1, -0.05) is 33.6 Å². The number of hydrogen-bond donors (Lipinski definition) is 1. The van der Waals surface area contributed by atoms with Crippen molar-refractivity contribution < 1.29 is 5.11 Å². The van der Waals surface area contributed by atoms with Crippen LogP contribution in [0.15, 0.2) is 0 Å². The minimum Gasteiger partial charge on any atom is -0.396 e. The van der Waals surface area contributed by atoms with Gasteiger partial charge >= 0.3 is 0 Å². The monoisotopic (exact) mass is 157 g/mol. The Morgan fingerprint density at radius 3 is 2.36 bits per heavy atom. The average molecular weight is 157 g/mol. The zero-order chi connectivity index (χ0) is 8.69. The van der Waals surface area contributed by atoms with Crippen molar-refractivity contribution in [1.82, 2.24) is 0 Å². The van der Waals surface area contributed by atoms with Crippen molar-refractivity contribution >= 4 is 0 Å². The van der Waals surface area contributed by atoms with Crippen LogP contribution in [0.25, 0.3) is 0 Å². The predicted molar refractivity (Wildman–Crippen MR) is 49.3 cm³/mol. The summed E-state index contributed by atoms with van der Waals surface area (Å²) in [5, 5.41) is 8.64. The molecule has 1 atom stereocenters. The van der Waals surface area contributed by atoms with Crippen LogP contribution in [0.1, 0.15) is 46.5 Å². The highest BCUT2D eigenvalue weighted by Crippen LogP contribution is 2.15. The Morgan fingerprint density at radius 1 is 1.27 bits per heavy atom. The largest absolute Gasteiger partial charge is 0.396 e. The maximum absolute atomic E-state index is 8.64. The summed E-state index contributed by atoms with van der Waals surface area (Å²) in [5.41, 5.74) is 0. The van der Waals surface area contributed by atoms with Gasteiger partial charge in [0.1, 0.15) is 0 Å². The van der Waals surface area contributed by atoms with E-state index < -0.39 is 0 Å². The highest BCUT2D eigenvalue weighted by atomic mass is 16.2. The lowest BCUT2D eigenvalue weighted by molar-refractivity contribution is 0.257. The zero-order valence-electron chi connectivity index (χ0n) is 8.06. The molecule has 11 heavy (non-hydrogen) atoms. The predicted octanol–water partition coefficient (Wildman–Crippen LogP) is 2.79. The van der Waals surface area contributed by atoms with E-state index in [-0.39, 0.29) is 0 Å². The van der Waals surface area contributed by atoms with Crippen LogP contribution in [-0.4, -0.2) is 11.7 Å². The molecule has 0 bridgehead atoms. The van der Waals surface area contributed by atoms with E-state index in [4.69, 9.17) is 5.11 Å². The second kappa shape index (κ2) is 6.66. The first-order valence-electron chi connectivity index (χ1n) is 4.56. The first-order chi connectivity index (χ1) is 5.16. The van der Waals surface area contributed by atoms with Crippen LogP contribution in [-0.2, 0) is 0 Å². The third kappa shape index (κ3) is 7.86. The fraction of sp³-hybridized carbons (Fsp3) is 0.900. The topological polar surface area (TPSA) is 20.2 Å². The standard InChI is InChI=1S/C10H21O/c1-9(2)5-4-6-10(3)7-8-11/h10-11H,4-8H2,1-3H3. The maximum atomic E-state index is 8.64. The van der Waals surface area contributed by atoms with Gasteiger partial charge in [-0.15, -0.1) is 0 Å². The SMILES string of the molecule is C[C](C)CCCC(C)CCO. The first kappa shape index (κ1) is 11.0. The van der Waals surface area contributed by atoms with Crippen molar-refractivity contribution in [3.63, 3.8) is 0 Å². The average Bonchev–Trinajstić information content (AvgIpc) is 1.87. The summed E-state index contributed by atoms with van der Waals surface area (Å²) in [6, 6.07) is 0. The van der Waals surface area contributed by atoms with Gasteiger partial charge in [0.2, 0.25) is 0 Å². The van der Waals surface area contributed by atoms with Crippen LogP contribution in [0.4, 0.5) is 0 Å². The smallest absolute Gasteiger partial charge is 0.0433 e. The van der Waals surface area contributed by atoms with Crippen LogP contribution in [0.5, 0.6) is 0 Å². The molecule has 1 nitrogen and oxygen atoms in total. The second-order valence-electron chi connectivity index (χ2n) is 3.72. The van der Waals surface area contributed by atoms with Gasteiger partial charge in [0.25, 0.3) is 0 Å². The second-order valence-corrected chi connectivity index (χ2v) is 3.72. The van der Waals surface area contributed by atoms with Gasteiger partial charge in [0.05, 0.1) is 0 Å². The normalized spacial score (nSPS) is 13.9. The molecule has 1 heteroatoms. The van der Waals surface area contributed by atoms with Crippen molar-refractivity contribution in [2.75, 3.05) is 6.61 Å². The van der Waals surface area contributed by atoms with Crippen LogP contribution >= 0.6 is 0 Å². The van der Waals surface area contributed by atoms with Crippen LogP contribution in [0, 0.1) is 11.8 Å². The molecule has 0 saturated carbocycles. The Labute approximate surface area is 70.8 Å². The van der Waals surface area contributed by atoms with E-state index in [0.717, 1.165) is 6.42 Å². The summed E-state index contributed by atoms with van der Waals surface area (Å²) in [5.74, 6) is 2.21. The van der Waals surface area contributed by atoms with Gasteiger partial charge in [-0.05, 0) is 24.7 Å². The molecule has 0 fully saturated rings. The molecule has 0 spiro atoms. The molecule has 0 aromatic rings. The summed E-state index contributed by atoms with van der Waals surface area (Å²) in [6.07, 6.45) is 4.74. The molecule has 1 N–H and O–H groups in total. The summed E-state index contributed by atoms with van der Waals surface area (Å²) < 4.78 is 0. The summed E-state index contributed by atoms with van der Waals surface area (Å²) in [7, 11) is 0. The summed E-state index contributed by atoms with van der Waals surface area (Å²) in [6.45, 7) is 6.91. The van der Waals surface area contributed by atoms with Crippen molar-refractivity contribution in [3.05, 3.63) is 5.92 Å². The van der Waals surface area contributed by atoms with Gasteiger partial charge in [-0.3, -0.25) is 0 Å². The molecule has 0 rings (SSSR count). The molecule has 0 aromatic carbocycles. The fourth-order valence-corrected chi connectivity index (χ4v) is 1.17. The lowest BCUT2D eigenvalue weighted by Crippen LogP contribution is -1.98. The Kier molecular flexibility index (Phi) is 6.63. The lowest BCUT2D eigenvalue weighted by atomic mass is 9.98. The molecule has 0 heterocycles. The van der Waals surface area contributed by atoms with Gasteiger partial charge in [-0.25, -0.2) is 0 Å². The van der Waals surface area contributed by atoms with Gasteiger partial charge < -0.3 is 5.11 Å². The van der Waals surface area contributed by atoms with E-state index >= 15 is 0 Å². The molecular weight excluding hydrogens is 136 g/mol. The maximum Gasteiger partial charge on any atom is 0.0433 e. The quantitative estimate of drug-likeness (QED) is 0.628. The summed E-state index contributed by atoms with van der Waals surface area (Å²) in [4.78, 5) is 0. The zero-order valence-corrected chi connectivity index (χ0v) is 8.06. The lowest BCUT2D eigenvalue weighted by Gasteiger charge is -2.09. The fourth-order valence-electron chi connectivity index (χ4n) is 1.17. The van der Waals surface area contributed by atoms with E-state index in [9.17, 15) is 0 Å². The van der Waals surface area contributed by atoms with E-state index in [0.29, 0.717) is 12.5 Å². The van der Waals surface area contributed by atoms with E-state index in [2.05, 4.69) is 20.8 Å². The molecule has 1 radical (unpaired) electrons. The van der Waals surface area contributed by atoms with Gasteiger partial charge in [-0.2, -0.15) is 0 Å². The van der Waals surface area contributed by atoms with Crippen LogP contribution in [0.3, 0.4) is 0 Å². The number of aliphatic hydroxyl groups excluding tert-OH is 1. The first-order valence-corrected chi connectivity index (χ1v) is 4.56. The van der Waals surface area contributed by atoms with E-state index in [1.165, 1.54) is 25.2 Å². The van der Waals surface area contributed by atoms with Gasteiger partial charge in [0.15, 0.2) is 0 Å². The molecule has 0 saturated heterocycles. The Hall–Kier alpha value is -0.0400. The Morgan fingerprint density at radius 2 is 1.91 bits per heavy atom. The Bertz CT molecular complexity index is 78.9. The van der Waals surface area contributed by atoms with Crippen molar-refractivity contribution in [1.29, 1.82) is 0 Å². The minimum atomic E-state index is 0.343. The van der Waals surface area contributed by atoms with E-state index in [1.807, 2.05) is 0 Å².